The van der Waals surface area contributed by atoms with Crippen LogP contribution in [0.2, 0.25) is 0 Å². The number of nitrogens with zero attached hydrogens (tertiary/aromatic N) is 2. The first-order chi connectivity index (χ1) is 18.1. The van der Waals surface area contributed by atoms with Crippen LogP contribution in [0.4, 0.5) is 0 Å². The van der Waals surface area contributed by atoms with Crippen molar-refractivity contribution in [3.8, 4) is 22.5 Å². The van der Waals surface area contributed by atoms with Crippen LogP contribution in [0.3, 0.4) is 0 Å². The van der Waals surface area contributed by atoms with E-state index in [0.29, 0.717) is 11.8 Å². The van der Waals surface area contributed by atoms with Crippen LogP contribution < -0.4 is 16.4 Å². The number of rotatable bonds is 4. The van der Waals surface area contributed by atoms with Gasteiger partial charge >= 0.3 is 0 Å². The molecule has 38 heavy (non-hydrogen) atoms. The Labute approximate surface area is 241 Å². The molecule has 0 bridgehead atoms. The van der Waals surface area contributed by atoms with Crippen molar-refractivity contribution in [3.63, 3.8) is 0 Å². The molecule has 0 aliphatic carbocycles. The van der Waals surface area contributed by atoms with Crippen LogP contribution >= 0.6 is 0 Å². The van der Waals surface area contributed by atoms with E-state index >= 15 is 0 Å². The van der Waals surface area contributed by atoms with E-state index in [-0.39, 0.29) is 26.8 Å². The maximum absolute atomic E-state index is 4.66. The summed E-state index contributed by atoms with van der Waals surface area (Å²) >= 11 is 0. The second-order valence-corrected chi connectivity index (χ2v) is 10.0. The Hall–Kier alpha value is -3.33. The maximum Gasteiger partial charge on any atom is 0.247 e. The Morgan fingerprint density at radius 1 is 0.579 bits per heavy atom. The monoisotopic (exact) mass is 671 g/mol. The van der Waals surface area contributed by atoms with Crippen LogP contribution in [-0.2, 0) is 20.1 Å². The molecule has 3 aromatic carbocycles. The SMILES string of the molecule is CC(C)c1cccc(C(C)C)c1B1c2cccnc2-c2ncccc21.[Ir].[c-]1ccccc1-c1[c-]cccc1. The van der Waals surface area contributed by atoms with Gasteiger partial charge in [-0.1, -0.05) is 63.5 Å². The molecule has 0 unspecified atom stereocenters. The zero-order valence-corrected chi connectivity index (χ0v) is 24.7. The van der Waals surface area contributed by atoms with Crippen molar-refractivity contribution < 1.29 is 20.1 Å². The quantitative estimate of drug-likeness (QED) is 0.166. The molecule has 191 valence electrons. The first-order valence-corrected chi connectivity index (χ1v) is 13.0. The topological polar surface area (TPSA) is 25.8 Å². The van der Waals surface area contributed by atoms with Crippen LogP contribution in [0.1, 0.15) is 50.7 Å². The van der Waals surface area contributed by atoms with Gasteiger partial charge in [0.05, 0.1) is 11.4 Å². The fourth-order valence-corrected chi connectivity index (χ4v) is 5.24. The van der Waals surface area contributed by atoms with Gasteiger partial charge in [-0.05, 0) is 46.0 Å². The van der Waals surface area contributed by atoms with E-state index in [4.69, 9.17) is 0 Å². The molecule has 3 heterocycles. The Morgan fingerprint density at radius 3 is 1.45 bits per heavy atom. The summed E-state index contributed by atoms with van der Waals surface area (Å²) in [6.07, 6.45) is 3.74. The molecule has 5 aromatic rings. The molecule has 0 fully saturated rings. The largest absolute Gasteiger partial charge is 0.255 e. The molecule has 2 nitrogen and oxygen atoms in total. The summed E-state index contributed by atoms with van der Waals surface area (Å²) in [4.78, 5) is 9.33. The molecule has 0 spiro atoms. The number of aromatic nitrogens is 2. The maximum atomic E-state index is 4.66. The zero-order valence-electron chi connectivity index (χ0n) is 22.3. The van der Waals surface area contributed by atoms with Gasteiger partial charge in [-0.25, -0.2) is 11.1 Å². The van der Waals surface area contributed by atoms with Crippen LogP contribution in [0.15, 0.2) is 103 Å². The fraction of sp³-hybridized carbons (Fsp3) is 0.176. The van der Waals surface area contributed by atoms with Gasteiger partial charge in [-0.2, -0.15) is 48.5 Å². The second-order valence-electron chi connectivity index (χ2n) is 10.0. The number of hydrogen-bond acceptors (Lipinski definition) is 2. The van der Waals surface area contributed by atoms with Gasteiger partial charge < -0.3 is 0 Å². The Bertz CT molecular complexity index is 1370. The van der Waals surface area contributed by atoms with Gasteiger partial charge in [0.1, 0.15) is 0 Å². The van der Waals surface area contributed by atoms with E-state index in [1.807, 2.05) is 73.1 Å². The predicted octanol–water partition coefficient (Wildman–Crippen LogP) is 6.17. The van der Waals surface area contributed by atoms with Gasteiger partial charge in [-0.3, -0.25) is 9.97 Å². The van der Waals surface area contributed by atoms with E-state index in [2.05, 4.69) is 80.1 Å². The summed E-state index contributed by atoms with van der Waals surface area (Å²) in [5.41, 5.74) is 11.2. The van der Waals surface area contributed by atoms with Crippen molar-refractivity contribution in [1.82, 2.24) is 9.97 Å². The molecular formula is C34H31BIrN2-2. The molecular weight excluding hydrogens is 639 g/mol. The molecule has 4 heteroatoms. The molecule has 0 saturated heterocycles. The number of pyridine rings is 2. The third-order valence-corrected chi connectivity index (χ3v) is 6.94. The van der Waals surface area contributed by atoms with E-state index < -0.39 is 0 Å². The van der Waals surface area contributed by atoms with Crippen LogP contribution in [0.25, 0.3) is 22.5 Å². The summed E-state index contributed by atoms with van der Waals surface area (Å²) < 4.78 is 0. The number of hydrogen-bond donors (Lipinski definition) is 0. The van der Waals surface area contributed by atoms with Gasteiger partial charge in [0.2, 0.25) is 6.71 Å². The zero-order chi connectivity index (χ0) is 25.8. The molecule has 2 aromatic heterocycles. The minimum Gasteiger partial charge on any atom is -0.255 e. The summed E-state index contributed by atoms with van der Waals surface area (Å²) in [5.74, 6) is 0.962. The smallest absolute Gasteiger partial charge is 0.247 e. The average Bonchev–Trinajstić information content (AvgIpc) is 3.28. The first kappa shape index (κ1) is 27.7. The predicted molar refractivity (Wildman–Crippen MR) is 156 cm³/mol. The first-order valence-electron chi connectivity index (χ1n) is 13.0. The summed E-state index contributed by atoms with van der Waals surface area (Å²) in [7, 11) is 0. The molecule has 1 aliphatic rings. The van der Waals surface area contributed by atoms with Crippen molar-refractivity contribution in [1.29, 1.82) is 0 Å². The molecule has 0 atom stereocenters. The van der Waals surface area contributed by atoms with E-state index in [9.17, 15) is 0 Å². The van der Waals surface area contributed by atoms with Gasteiger partial charge in [0.15, 0.2) is 0 Å². The Balaban J connectivity index is 0.000000218. The van der Waals surface area contributed by atoms with Crippen molar-refractivity contribution in [2.45, 2.75) is 39.5 Å². The van der Waals surface area contributed by atoms with E-state index in [0.717, 1.165) is 22.5 Å². The molecule has 0 amide bonds. The van der Waals surface area contributed by atoms with E-state index in [1.165, 1.54) is 27.5 Å². The molecule has 0 saturated carbocycles. The Kier molecular flexibility index (Phi) is 9.10. The van der Waals surface area contributed by atoms with Crippen molar-refractivity contribution in [3.05, 3.63) is 127 Å². The van der Waals surface area contributed by atoms with Gasteiger partial charge in [0, 0.05) is 32.5 Å². The number of fused-ring (bicyclic) bond motifs is 3. The molecule has 0 N–H and O–H groups in total. The van der Waals surface area contributed by atoms with Crippen molar-refractivity contribution in [2.75, 3.05) is 0 Å². The van der Waals surface area contributed by atoms with Crippen molar-refractivity contribution >= 4 is 23.1 Å². The van der Waals surface area contributed by atoms with Crippen LogP contribution in [-0.4, -0.2) is 16.7 Å². The third kappa shape index (κ3) is 5.58. The molecule has 6 rings (SSSR count). The minimum absolute atomic E-state index is 0. The third-order valence-electron chi connectivity index (χ3n) is 6.94. The van der Waals surface area contributed by atoms with E-state index in [1.54, 1.807) is 0 Å². The summed E-state index contributed by atoms with van der Waals surface area (Å²) in [6.45, 7) is 9.36. The van der Waals surface area contributed by atoms with Crippen molar-refractivity contribution in [2.24, 2.45) is 0 Å². The molecule has 1 aliphatic heterocycles. The Morgan fingerprint density at radius 2 is 1.05 bits per heavy atom. The van der Waals surface area contributed by atoms with Gasteiger partial charge in [0.25, 0.3) is 0 Å². The number of benzene rings is 3. The van der Waals surface area contributed by atoms with Crippen LogP contribution in [0.5, 0.6) is 0 Å². The van der Waals surface area contributed by atoms with Crippen LogP contribution in [0, 0.1) is 12.1 Å². The second kappa shape index (κ2) is 12.5. The summed E-state index contributed by atoms with van der Waals surface area (Å²) in [6, 6.07) is 37.5. The summed E-state index contributed by atoms with van der Waals surface area (Å²) in [5, 5.41) is 0. The normalized spacial score (nSPS) is 11.4. The standard InChI is InChI=1S/C22H23BN2.C12H8.Ir/c1-14(2)16-8-5-9-17(15(3)4)20(16)23-18-10-6-12-24-21(18)22-19(23)11-7-13-25-22;1-3-7-11(8-4-1)12-9-5-2-6-10-12;/h5-15H,1-4H3;1-7,9H;/q;-2;. The van der Waals surface area contributed by atoms with Gasteiger partial charge in [-0.15, -0.1) is 12.1 Å². The minimum atomic E-state index is 0. The fourth-order valence-electron chi connectivity index (χ4n) is 5.24. The molecule has 1 radical (unpaired) electrons. The average molecular weight is 671 g/mol.